The van der Waals surface area contributed by atoms with Gasteiger partial charge in [-0.25, -0.2) is 0 Å². The van der Waals surface area contributed by atoms with Crippen LogP contribution in [0.2, 0.25) is 0 Å². The minimum absolute atomic E-state index is 0.267. The largest absolute Gasteiger partial charge is 0.504 e. The van der Waals surface area contributed by atoms with Gasteiger partial charge in [-0.2, -0.15) is 0 Å². The lowest BCUT2D eigenvalue weighted by molar-refractivity contribution is 0.362. The van der Waals surface area contributed by atoms with Gasteiger partial charge in [0.2, 0.25) is 0 Å². The lowest BCUT2D eigenvalue weighted by Crippen LogP contribution is -2.35. The fourth-order valence-corrected chi connectivity index (χ4v) is 2.79. The summed E-state index contributed by atoms with van der Waals surface area (Å²) in [6.45, 7) is 1.08. The van der Waals surface area contributed by atoms with Gasteiger partial charge in [0.05, 0.1) is 7.11 Å². The number of halogens is 1. The summed E-state index contributed by atoms with van der Waals surface area (Å²) in [6.07, 6.45) is 4.55. The first-order valence-electron chi connectivity index (χ1n) is 5.99. The number of aromatic hydroxyl groups is 1. The van der Waals surface area contributed by atoms with Crippen LogP contribution in [0.3, 0.4) is 0 Å². The van der Waals surface area contributed by atoms with E-state index in [2.05, 4.69) is 21.2 Å². The van der Waals surface area contributed by atoms with E-state index in [1.165, 1.54) is 19.3 Å². The minimum Gasteiger partial charge on any atom is -0.504 e. The van der Waals surface area contributed by atoms with E-state index >= 15 is 0 Å². The highest BCUT2D eigenvalue weighted by atomic mass is 79.9. The molecule has 0 aliphatic carbocycles. The molecule has 1 atom stereocenters. The van der Waals surface area contributed by atoms with Crippen LogP contribution in [0.25, 0.3) is 0 Å². The van der Waals surface area contributed by atoms with Gasteiger partial charge in [-0.05, 0) is 37.9 Å². The van der Waals surface area contributed by atoms with E-state index in [1.54, 1.807) is 13.2 Å². The molecule has 0 radical (unpaired) electrons. The van der Waals surface area contributed by atoms with Gasteiger partial charge in [0.1, 0.15) is 0 Å². The van der Waals surface area contributed by atoms with Crippen LogP contribution < -0.4 is 10.1 Å². The minimum atomic E-state index is 0.267. The molecule has 1 heterocycles. The Kier molecular flexibility index (Phi) is 4.29. The second-order valence-electron chi connectivity index (χ2n) is 4.47. The van der Waals surface area contributed by atoms with Gasteiger partial charge in [0.25, 0.3) is 0 Å². The average molecular weight is 300 g/mol. The summed E-state index contributed by atoms with van der Waals surface area (Å²) in [7, 11) is 1.57. The number of ether oxygens (including phenoxy) is 1. The van der Waals surface area contributed by atoms with Gasteiger partial charge in [0.15, 0.2) is 11.5 Å². The van der Waals surface area contributed by atoms with Crippen LogP contribution in [0.5, 0.6) is 11.5 Å². The molecule has 1 aromatic rings. The van der Waals surface area contributed by atoms with Crippen LogP contribution in [0, 0.1) is 0 Å². The van der Waals surface area contributed by atoms with Crippen LogP contribution in [0.4, 0.5) is 0 Å². The maximum Gasteiger partial charge on any atom is 0.161 e. The molecule has 0 saturated carbocycles. The summed E-state index contributed by atoms with van der Waals surface area (Å²) in [5.41, 5.74) is 0.940. The van der Waals surface area contributed by atoms with Crippen molar-refractivity contribution >= 4 is 15.9 Å². The van der Waals surface area contributed by atoms with Crippen molar-refractivity contribution in [3.63, 3.8) is 0 Å². The average Bonchev–Trinajstić information content (AvgIpc) is 2.34. The molecular weight excluding hydrogens is 282 g/mol. The van der Waals surface area contributed by atoms with Crippen molar-refractivity contribution in [2.45, 2.75) is 31.7 Å². The molecule has 1 saturated heterocycles. The molecule has 1 fully saturated rings. The van der Waals surface area contributed by atoms with E-state index in [4.69, 9.17) is 4.74 Å². The van der Waals surface area contributed by atoms with Crippen LogP contribution >= 0.6 is 15.9 Å². The molecule has 4 heteroatoms. The first-order valence-corrected chi connectivity index (χ1v) is 6.78. The first kappa shape index (κ1) is 12.7. The molecule has 0 amide bonds. The van der Waals surface area contributed by atoms with Crippen LogP contribution in [0.15, 0.2) is 16.6 Å². The molecule has 1 aliphatic rings. The molecule has 2 N–H and O–H groups in total. The Hall–Kier alpha value is -0.740. The van der Waals surface area contributed by atoms with Crippen LogP contribution in [0.1, 0.15) is 24.8 Å². The predicted molar refractivity (Wildman–Crippen MR) is 71.7 cm³/mol. The Morgan fingerprint density at radius 2 is 2.29 bits per heavy atom. The molecule has 1 aromatic carbocycles. The van der Waals surface area contributed by atoms with Gasteiger partial charge in [-0.15, -0.1) is 0 Å². The van der Waals surface area contributed by atoms with E-state index in [0.29, 0.717) is 11.8 Å². The van der Waals surface area contributed by atoms with Crippen molar-refractivity contribution in [1.82, 2.24) is 5.32 Å². The number of hydrogen-bond donors (Lipinski definition) is 2. The summed E-state index contributed by atoms with van der Waals surface area (Å²) >= 11 is 3.44. The fraction of sp³-hybridized carbons (Fsp3) is 0.538. The molecule has 3 nitrogen and oxygen atoms in total. The third-order valence-corrected chi connectivity index (χ3v) is 3.68. The van der Waals surface area contributed by atoms with E-state index in [1.807, 2.05) is 6.07 Å². The second kappa shape index (κ2) is 5.74. The normalized spacial score (nSPS) is 20.2. The number of nitrogens with one attached hydrogen (secondary N) is 1. The quantitative estimate of drug-likeness (QED) is 0.902. The fourth-order valence-electron chi connectivity index (χ4n) is 2.30. The van der Waals surface area contributed by atoms with Crippen molar-refractivity contribution in [2.24, 2.45) is 0 Å². The Morgan fingerprint density at radius 3 is 2.94 bits per heavy atom. The molecule has 1 unspecified atom stereocenters. The Morgan fingerprint density at radius 1 is 1.47 bits per heavy atom. The lowest BCUT2D eigenvalue weighted by atomic mass is 9.97. The van der Waals surface area contributed by atoms with E-state index < -0.39 is 0 Å². The van der Waals surface area contributed by atoms with Crippen molar-refractivity contribution < 1.29 is 9.84 Å². The molecule has 94 valence electrons. The Labute approximate surface area is 110 Å². The molecule has 0 spiro atoms. The number of phenolic OH excluding ortho intramolecular Hbond substituents is 1. The Balaban J connectivity index is 2.16. The van der Waals surface area contributed by atoms with Crippen molar-refractivity contribution in [3.8, 4) is 11.5 Å². The second-order valence-corrected chi connectivity index (χ2v) is 5.38. The number of methoxy groups -OCH3 is 1. The molecule has 2 rings (SSSR count). The predicted octanol–water partition coefficient (Wildman–Crippen LogP) is 2.85. The number of phenols is 1. The van der Waals surface area contributed by atoms with Crippen LogP contribution in [-0.4, -0.2) is 24.8 Å². The maximum atomic E-state index is 10.1. The third-order valence-electron chi connectivity index (χ3n) is 3.22. The van der Waals surface area contributed by atoms with Gasteiger partial charge in [-0.1, -0.05) is 22.4 Å². The molecular formula is C13H18BrNO2. The van der Waals surface area contributed by atoms with Crippen molar-refractivity contribution in [2.75, 3.05) is 13.7 Å². The summed E-state index contributed by atoms with van der Waals surface area (Å²) in [6, 6.07) is 4.22. The van der Waals surface area contributed by atoms with Crippen molar-refractivity contribution in [3.05, 3.63) is 22.2 Å². The first-order chi connectivity index (χ1) is 8.20. The number of rotatable bonds is 3. The van der Waals surface area contributed by atoms with E-state index in [-0.39, 0.29) is 5.75 Å². The molecule has 1 aliphatic heterocycles. The monoisotopic (exact) mass is 299 g/mol. The van der Waals surface area contributed by atoms with Gasteiger partial charge < -0.3 is 15.2 Å². The highest BCUT2D eigenvalue weighted by molar-refractivity contribution is 9.10. The van der Waals surface area contributed by atoms with Crippen molar-refractivity contribution in [1.29, 1.82) is 0 Å². The molecule has 0 bridgehead atoms. The van der Waals surface area contributed by atoms with Gasteiger partial charge in [0, 0.05) is 16.1 Å². The standard InChI is InChI=1S/C13H18BrNO2/c1-17-12-8-10(14)6-9(13(12)16)7-11-4-2-3-5-15-11/h6,8,11,15-16H,2-5,7H2,1H3. The Bertz CT molecular complexity index is 389. The zero-order chi connectivity index (χ0) is 12.3. The summed E-state index contributed by atoms with van der Waals surface area (Å²) < 4.78 is 6.10. The lowest BCUT2D eigenvalue weighted by Gasteiger charge is -2.24. The highest BCUT2D eigenvalue weighted by Gasteiger charge is 2.17. The zero-order valence-electron chi connectivity index (χ0n) is 10.0. The number of piperidine rings is 1. The maximum absolute atomic E-state index is 10.1. The summed E-state index contributed by atoms with van der Waals surface area (Å²) in [5.74, 6) is 0.799. The summed E-state index contributed by atoms with van der Waals surface area (Å²) in [4.78, 5) is 0. The van der Waals surface area contributed by atoms with Gasteiger partial charge in [-0.3, -0.25) is 0 Å². The zero-order valence-corrected chi connectivity index (χ0v) is 11.6. The third kappa shape index (κ3) is 3.13. The topological polar surface area (TPSA) is 41.5 Å². The smallest absolute Gasteiger partial charge is 0.161 e. The highest BCUT2D eigenvalue weighted by Crippen LogP contribution is 2.34. The van der Waals surface area contributed by atoms with Crippen LogP contribution in [-0.2, 0) is 6.42 Å². The molecule has 0 aromatic heterocycles. The molecule has 17 heavy (non-hydrogen) atoms. The van der Waals surface area contributed by atoms with E-state index in [0.717, 1.165) is 23.0 Å². The van der Waals surface area contributed by atoms with Gasteiger partial charge >= 0.3 is 0 Å². The van der Waals surface area contributed by atoms with E-state index in [9.17, 15) is 5.11 Å². The summed E-state index contributed by atoms with van der Waals surface area (Å²) in [5, 5.41) is 13.6. The number of hydrogen-bond acceptors (Lipinski definition) is 3. The number of benzene rings is 1. The SMILES string of the molecule is COc1cc(Br)cc(CC2CCCCN2)c1O.